The van der Waals surface area contributed by atoms with E-state index < -0.39 is 0 Å². The Bertz CT molecular complexity index is 274. The third-order valence-corrected chi connectivity index (χ3v) is 2.76. The lowest BCUT2D eigenvalue weighted by atomic mass is 9.86. The molecule has 15 heavy (non-hydrogen) atoms. The summed E-state index contributed by atoms with van der Waals surface area (Å²) in [5.74, 6) is 0.319. The van der Waals surface area contributed by atoms with Gasteiger partial charge in [-0.05, 0) is 12.8 Å². The monoisotopic (exact) mass is 210 g/mol. The molecule has 1 atom stereocenters. The second kappa shape index (κ2) is 7.10. The predicted octanol–water partition coefficient (Wildman–Crippen LogP) is 0.915. The standard InChI is InChI=1S/C11H18N2O2/c1-10(11(2,3)13-9-15)6-4-5-7-12-8-14/h10H,4-7H2,1-3H3/q+2. The van der Waals surface area contributed by atoms with E-state index in [1.54, 1.807) is 6.08 Å². The Balaban J connectivity index is 3.87. The number of carbonyl (C=O) groups excluding carboxylic acids is 2. The third-order valence-electron chi connectivity index (χ3n) is 2.76. The number of nitrogens with zero attached hydrogens (tertiary/aromatic N) is 2. The molecule has 0 spiro atoms. The minimum absolute atomic E-state index is 0.319. The number of hydrogen-bond acceptors (Lipinski definition) is 4. The summed E-state index contributed by atoms with van der Waals surface area (Å²) in [6, 6.07) is 0. The van der Waals surface area contributed by atoms with Crippen LogP contribution in [0.3, 0.4) is 0 Å². The highest BCUT2D eigenvalue weighted by molar-refractivity contribution is 5.32. The van der Waals surface area contributed by atoms with Crippen molar-refractivity contribution in [3.05, 3.63) is 0 Å². The molecule has 0 aromatic heterocycles. The molecule has 4 nitrogen and oxygen atoms in total. The topological polar surface area (TPSA) is 62.3 Å². The Labute approximate surface area is 90.5 Å². The van der Waals surface area contributed by atoms with Crippen LogP contribution in [0.4, 0.5) is 0 Å². The first kappa shape index (κ1) is 13.8. The summed E-state index contributed by atoms with van der Waals surface area (Å²) in [4.78, 5) is 27.2. The molecular weight excluding hydrogens is 192 g/mol. The van der Waals surface area contributed by atoms with Crippen LogP contribution in [0.1, 0.15) is 40.0 Å². The predicted molar refractivity (Wildman–Crippen MR) is 57.6 cm³/mol. The van der Waals surface area contributed by atoms with Crippen molar-refractivity contribution in [2.45, 2.75) is 45.6 Å². The highest BCUT2D eigenvalue weighted by Gasteiger charge is 2.35. The van der Waals surface area contributed by atoms with E-state index in [4.69, 9.17) is 0 Å². The molecule has 82 valence electrons. The average molecular weight is 210 g/mol. The third kappa shape index (κ3) is 5.95. The van der Waals surface area contributed by atoms with Gasteiger partial charge in [-0.3, -0.25) is 0 Å². The van der Waals surface area contributed by atoms with Gasteiger partial charge in [0.2, 0.25) is 12.1 Å². The summed E-state index contributed by atoms with van der Waals surface area (Å²) in [7, 11) is 0. The second-order valence-corrected chi connectivity index (χ2v) is 4.23. The second-order valence-electron chi connectivity index (χ2n) is 4.23. The van der Waals surface area contributed by atoms with Crippen LogP contribution < -0.4 is 9.98 Å². The zero-order valence-corrected chi connectivity index (χ0v) is 9.62. The van der Waals surface area contributed by atoms with Gasteiger partial charge in [-0.25, -0.2) is 0 Å². The van der Waals surface area contributed by atoms with Crippen LogP contribution in [0.5, 0.6) is 0 Å². The van der Waals surface area contributed by atoms with E-state index in [0.29, 0.717) is 12.5 Å². The van der Waals surface area contributed by atoms with Crippen molar-refractivity contribution in [1.29, 1.82) is 0 Å². The normalized spacial score (nSPS) is 12.5. The van der Waals surface area contributed by atoms with Crippen molar-refractivity contribution < 1.29 is 9.59 Å². The van der Waals surface area contributed by atoms with Gasteiger partial charge in [0.05, 0.1) is 0 Å². The van der Waals surface area contributed by atoms with E-state index in [-0.39, 0.29) is 5.54 Å². The molecule has 0 saturated carbocycles. The Kier molecular flexibility index (Phi) is 6.52. The number of isocyanates is 2. The van der Waals surface area contributed by atoms with E-state index in [1.807, 2.05) is 13.8 Å². The molecule has 1 unspecified atom stereocenters. The van der Waals surface area contributed by atoms with Gasteiger partial charge in [0, 0.05) is 26.2 Å². The van der Waals surface area contributed by atoms with Gasteiger partial charge in [0.25, 0.3) is 0 Å². The van der Waals surface area contributed by atoms with E-state index in [0.717, 1.165) is 19.3 Å². The Morgan fingerprint density at radius 2 is 1.87 bits per heavy atom. The summed E-state index contributed by atoms with van der Waals surface area (Å²) >= 11 is 0. The molecule has 0 rings (SSSR count). The maximum atomic E-state index is 10.2. The molecule has 0 fully saturated rings. The zero-order valence-electron chi connectivity index (χ0n) is 9.62. The van der Waals surface area contributed by atoms with Gasteiger partial charge in [-0.2, -0.15) is 9.59 Å². The van der Waals surface area contributed by atoms with Crippen molar-refractivity contribution in [3.8, 4) is 0 Å². The van der Waals surface area contributed by atoms with Crippen LogP contribution in [0, 0.1) is 5.92 Å². The van der Waals surface area contributed by atoms with Gasteiger partial charge >= 0.3 is 12.2 Å². The largest absolute Gasteiger partial charge is 0.497 e. The number of unbranched alkanes of at least 4 members (excludes halogenated alkanes) is 1. The first-order valence-corrected chi connectivity index (χ1v) is 5.17. The fraction of sp³-hybridized carbons (Fsp3) is 0.818. The summed E-state index contributed by atoms with van der Waals surface area (Å²) in [6.07, 6.45) is 5.93. The first-order chi connectivity index (χ1) is 7.04. The lowest BCUT2D eigenvalue weighted by Crippen LogP contribution is -2.34. The maximum absolute atomic E-state index is 10.2. The molecule has 0 aromatic carbocycles. The summed E-state index contributed by atoms with van der Waals surface area (Å²) < 4.78 is 0. The molecule has 0 bridgehead atoms. The summed E-state index contributed by atoms with van der Waals surface area (Å²) in [5.41, 5.74) is -0.352. The van der Waals surface area contributed by atoms with Crippen molar-refractivity contribution in [3.63, 3.8) is 0 Å². The Hall–Kier alpha value is -1.24. The quantitative estimate of drug-likeness (QED) is 0.356. The van der Waals surface area contributed by atoms with E-state index in [9.17, 15) is 9.59 Å². The highest BCUT2D eigenvalue weighted by Crippen LogP contribution is 2.21. The van der Waals surface area contributed by atoms with Crippen LogP contribution in [-0.4, -0.2) is 24.2 Å². The fourth-order valence-corrected chi connectivity index (χ4v) is 1.27. The van der Waals surface area contributed by atoms with E-state index in [1.165, 1.54) is 6.08 Å². The molecule has 0 aromatic rings. The van der Waals surface area contributed by atoms with Crippen molar-refractivity contribution >= 4 is 12.2 Å². The number of rotatable bonds is 7. The highest BCUT2D eigenvalue weighted by atomic mass is 16.1. The van der Waals surface area contributed by atoms with E-state index >= 15 is 0 Å². The lowest BCUT2D eigenvalue weighted by Gasteiger charge is -2.15. The Morgan fingerprint density at radius 3 is 2.40 bits per heavy atom. The fourth-order valence-electron chi connectivity index (χ4n) is 1.27. The molecule has 0 heterocycles. The molecule has 2 radical (unpaired) electrons. The van der Waals surface area contributed by atoms with Crippen LogP contribution in [0.2, 0.25) is 0 Å². The first-order valence-electron chi connectivity index (χ1n) is 5.17. The van der Waals surface area contributed by atoms with E-state index in [2.05, 4.69) is 16.9 Å². The minimum Gasteiger partial charge on any atom is -0.154 e. The average Bonchev–Trinajstić information content (AvgIpc) is 2.17. The van der Waals surface area contributed by atoms with Gasteiger partial charge in [0.1, 0.15) is 9.98 Å². The van der Waals surface area contributed by atoms with Gasteiger partial charge in [-0.15, -0.1) is 0 Å². The van der Waals surface area contributed by atoms with Crippen LogP contribution in [0.25, 0.3) is 0 Å². The number of hydrogen-bond donors (Lipinski definition) is 0. The molecule has 0 N–H and O–H groups in total. The van der Waals surface area contributed by atoms with Crippen molar-refractivity contribution in [1.82, 2.24) is 9.98 Å². The molecule has 4 heteroatoms. The van der Waals surface area contributed by atoms with Gasteiger partial charge < -0.3 is 0 Å². The molecule has 0 aliphatic rings. The lowest BCUT2D eigenvalue weighted by molar-refractivity contribution is 0.294. The van der Waals surface area contributed by atoms with Crippen LogP contribution >= 0.6 is 0 Å². The SMILES string of the molecule is CC(CCCC[N+]=C=O)C(C)(C)[N+]=C=O. The smallest absolute Gasteiger partial charge is 0.154 e. The van der Waals surface area contributed by atoms with Crippen molar-refractivity contribution in [2.24, 2.45) is 5.92 Å². The van der Waals surface area contributed by atoms with Crippen molar-refractivity contribution in [2.75, 3.05) is 6.54 Å². The molecule has 0 aliphatic heterocycles. The minimum atomic E-state index is -0.352. The number of aliphatic imine (C=N–C) groups is 2. The molecule has 0 amide bonds. The van der Waals surface area contributed by atoms with Crippen LogP contribution in [-0.2, 0) is 9.59 Å². The zero-order chi connectivity index (χ0) is 11.7. The molecule has 0 aliphatic carbocycles. The maximum Gasteiger partial charge on any atom is 0.497 e. The molecular formula is C11H18N2O2+2. The van der Waals surface area contributed by atoms with Gasteiger partial charge in [-0.1, -0.05) is 6.92 Å². The summed E-state index contributed by atoms with van der Waals surface area (Å²) in [6.45, 7) is 6.44. The van der Waals surface area contributed by atoms with Gasteiger partial charge in [0.15, 0.2) is 0 Å². The Morgan fingerprint density at radius 1 is 1.20 bits per heavy atom. The van der Waals surface area contributed by atoms with Crippen LogP contribution in [0.15, 0.2) is 0 Å². The molecule has 0 saturated heterocycles. The summed E-state index contributed by atoms with van der Waals surface area (Å²) in [5, 5.41) is 0.